The van der Waals surface area contributed by atoms with Gasteiger partial charge in [-0.3, -0.25) is 4.79 Å². The van der Waals surface area contributed by atoms with E-state index in [2.05, 4.69) is 19.2 Å². The van der Waals surface area contributed by atoms with Crippen molar-refractivity contribution in [2.45, 2.75) is 429 Å². The van der Waals surface area contributed by atoms with Gasteiger partial charge in [0.25, 0.3) is 0 Å². The van der Waals surface area contributed by atoms with Gasteiger partial charge in [0.1, 0.15) is 24.4 Å². The number of ether oxygens (including phenoxy) is 2. The molecule has 1 fully saturated rings. The predicted octanol–water partition coefficient (Wildman–Crippen LogP) is 19.3. The molecule has 9 nitrogen and oxygen atoms in total. The summed E-state index contributed by atoms with van der Waals surface area (Å²) in [7, 11) is 0. The zero-order valence-electron chi connectivity index (χ0n) is 52.9. The Morgan fingerprint density at radius 1 is 0.380 bits per heavy atom. The Labute approximate surface area is 491 Å². The van der Waals surface area contributed by atoms with Crippen molar-refractivity contribution >= 4 is 5.91 Å². The van der Waals surface area contributed by atoms with E-state index in [1.54, 1.807) is 0 Å². The van der Waals surface area contributed by atoms with Gasteiger partial charge in [0.05, 0.1) is 25.4 Å². The second-order valence-electron chi connectivity index (χ2n) is 25.4. The number of hydrogen-bond donors (Lipinski definition) is 6. The van der Waals surface area contributed by atoms with Gasteiger partial charge >= 0.3 is 0 Å². The van der Waals surface area contributed by atoms with Crippen molar-refractivity contribution in [2.24, 2.45) is 0 Å². The van der Waals surface area contributed by atoms with E-state index < -0.39 is 49.5 Å². The minimum atomic E-state index is -1.55. The van der Waals surface area contributed by atoms with Crippen LogP contribution in [-0.4, -0.2) is 87.5 Å². The standard InChI is InChI=1S/C70H139NO8/c1-3-5-7-9-11-13-15-17-19-21-23-25-27-29-30-31-32-33-34-35-36-37-39-41-43-45-47-49-51-53-55-57-59-64(73)63(62-78-70-69(77)68(76)67(75)65(61-72)79-70)71-66(74)60-58-56-54-52-50-48-46-44-42-40-38-28-26-24-22-20-18-16-14-12-10-8-6-4-2/h63-65,67-70,72-73,75-77H,3-62H2,1-2H3,(H,71,74). The summed E-state index contributed by atoms with van der Waals surface area (Å²) in [5, 5.41) is 55.0. The number of hydrogen-bond acceptors (Lipinski definition) is 8. The number of nitrogens with one attached hydrogen (secondary N) is 1. The second kappa shape index (κ2) is 60.3. The molecule has 1 heterocycles. The van der Waals surface area contributed by atoms with E-state index in [9.17, 15) is 30.3 Å². The summed E-state index contributed by atoms with van der Waals surface area (Å²) in [6, 6.07) is -0.715. The molecule has 9 heteroatoms. The summed E-state index contributed by atoms with van der Waals surface area (Å²) >= 11 is 0. The fourth-order valence-corrected chi connectivity index (χ4v) is 12.1. The number of rotatable bonds is 64. The molecule has 1 aliphatic heterocycles. The van der Waals surface area contributed by atoms with Crippen LogP contribution in [0.3, 0.4) is 0 Å². The molecular formula is C70H139NO8. The first-order valence-electron chi connectivity index (χ1n) is 35.7. The maximum Gasteiger partial charge on any atom is 0.220 e. The minimum absolute atomic E-state index is 0.130. The van der Waals surface area contributed by atoms with Crippen LogP contribution in [0, 0.1) is 0 Å². The van der Waals surface area contributed by atoms with E-state index in [1.807, 2.05) is 0 Å². The summed E-state index contributed by atoms with van der Waals surface area (Å²) in [4.78, 5) is 13.1. The molecule has 0 aliphatic carbocycles. The Kier molecular flexibility index (Phi) is 58.2. The molecular weight excluding hydrogens is 983 g/mol. The maximum absolute atomic E-state index is 13.1. The number of aliphatic hydroxyl groups is 5. The zero-order valence-corrected chi connectivity index (χ0v) is 52.9. The molecule has 0 radical (unpaired) electrons. The fraction of sp³-hybridized carbons (Fsp3) is 0.986. The summed E-state index contributed by atoms with van der Waals surface area (Å²) < 4.78 is 11.4. The SMILES string of the molecule is CCCCCCCCCCCCCCCCCCCCCCCCCCCCCCCCCCC(O)C(COC1OC(CO)C(O)C(O)C1O)NC(=O)CCCCCCCCCCCCCCCCCCCCCCCCCC. The maximum atomic E-state index is 13.1. The molecule has 0 aromatic heterocycles. The third-order valence-electron chi connectivity index (χ3n) is 17.7. The van der Waals surface area contributed by atoms with Crippen molar-refractivity contribution in [3.63, 3.8) is 0 Å². The Morgan fingerprint density at radius 2 is 0.633 bits per heavy atom. The van der Waals surface area contributed by atoms with E-state index in [0.29, 0.717) is 12.8 Å². The van der Waals surface area contributed by atoms with Crippen LogP contribution in [0.4, 0.5) is 0 Å². The molecule has 0 aromatic rings. The molecule has 7 unspecified atom stereocenters. The fourth-order valence-electron chi connectivity index (χ4n) is 12.1. The van der Waals surface area contributed by atoms with Crippen LogP contribution in [0.5, 0.6) is 0 Å². The largest absolute Gasteiger partial charge is 0.394 e. The van der Waals surface area contributed by atoms with E-state index in [-0.39, 0.29) is 12.5 Å². The van der Waals surface area contributed by atoms with Crippen molar-refractivity contribution < 1.29 is 39.8 Å². The quantitative estimate of drug-likeness (QED) is 0.0330. The Balaban J connectivity index is 2.08. The molecule has 1 amide bonds. The molecule has 1 rings (SSSR count). The summed E-state index contributed by atoms with van der Waals surface area (Å²) in [5.41, 5.74) is 0. The molecule has 6 N–H and O–H groups in total. The van der Waals surface area contributed by atoms with Crippen LogP contribution in [-0.2, 0) is 14.3 Å². The normalized spacial score (nSPS) is 18.4. The highest BCUT2D eigenvalue weighted by Gasteiger charge is 2.44. The third-order valence-corrected chi connectivity index (χ3v) is 17.7. The van der Waals surface area contributed by atoms with Crippen LogP contribution >= 0.6 is 0 Å². The number of amides is 1. The van der Waals surface area contributed by atoms with Crippen LogP contribution in [0.15, 0.2) is 0 Å². The first-order chi connectivity index (χ1) is 38.8. The first-order valence-corrected chi connectivity index (χ1v) is 35.7. The number of aliphatic hydroxyl groups excluding tert-OH is 5. The van der Waals surface area contributed by atoms with Gasteiger partial charge in [-0.05, 0) is 12.8 Å². The number of carbonyl (C=O) groups is 1. The summed E-state index contributed by atoms with van der Waals surface area (Å²) in [5.74, 6) is -0.133. The molecule has 79 heavy (non-hydrogen) atoms. The highest BCUT2D eigenvalue weighted by atomic mass is 16.7. The molecule has 0 aromatic carbocycles. The van der Waals surface area contributed by atoms with E-state index >= 15 is 0 Å². The molecule has 1 aliphatic rings. The summed E-state index contributed by atoms with van der Waals surface area (Å²) in [6.07, 6.45) is 69.0. The average molecular weight is 1120 g/mol. The smallest absolute Gasteiger partial charge is 0.220 e. The lowest BCUT2D eigenvalue weighted by atomic mass is 9.99. The van der Waals surface area contributed by atoms with Gasteiger partial charge in [-0.25, -0.2) is 0 Å². The molecule has 0 spiro atoms. The highest BCUT2D eigenvalue weighted by molar-refractivity contribution is 5.76. The molecule has 1 saturated heterocycles. The van der Waals surface area contributed by atoms with Crippen molar-refractivity contribution in [1.29, 1.82) is 0 Å². The van der Waals surface area contributed by atoms with Crippen molar-refractivity contribution in [2.75, 3.05) is 13.2 Å². The van der Waals surface area contributed by atoms with E-state index in [0.717, 1.165) is 38.5 Å². The predicted molar refractivity (Wildman–Crippen MR) is 337 cm³/mol. The number of carbonyl (C=O) groups excluding carboxylic acids is 1. The van der Waals surface area contributed by atoms with E-state index in [4.69, 9.17) is 9.47 Å². The van der Waals surface area contributed by atoms with Gasteiger partial charge in [0.15, 0.2) is 6.29 Å². The highest BCUT2D eigenvalue weighted by Crippen LogP contribution is 2.24. The Morgan fingerprint density at radius 3 is 0.899 bits per heavy atom. The van der Waals surface area contributed by atoms with Crippen molar-refractivity contribution in [3.05, 3.63) is 0 Å². The molecule has 472 valence electrons. The first kappa shape index (κ1) is 76.2. The zero-order chi connectivity index (χ0) is 57.2. The van der Waals surface area contributed by atoms with Gasteiger partial charge in [-0.1, -0.05) is 367 Å². The Hall–Kier alpha value is -0.810. The van der Waals surface area contributed by atoms with Gasteiger partial charge in [0, 0.05) is 6.42 Å². The molecule has 0 saturated carbocycles. The molecule has 0 bridgehead atoms. The lowest BCUT2D eigenvalue weighted by Gasteiger charge is -2.40. The summed E-state index contributed by atoms with van der Waals surface area (Å²) in [6.45, 7) is 3.91. The second-order valence-corrected chi connectivity index (χ2v) is 25.4. The average Bonchev–Trinajstić information content (AvgIpc) is 3.47. The minimum Gasteiger partial charge on any atom is -0.394 e. The molecule has 7 atom stereocenters. The van der Waals surface area contributed by atoms with Gasteiger partial charge in [0.2, 0.25) is 5.91 Å². The van der Waals surface area contributed by atoms with Crippen LogP contribution in [0.25, 0.3) is 0 Å². The Bertz CT molecular complexity index is 1210. The van der Waals surface area contributed by atoms with Gasteiger partial charge < -0.3 is 40.3 Å². The third kappa shape index (κ3) is 49.2. The van der Waals surface area contributed by atoms with Crippen LogP contribution < -0.4 is 5.32 Å². The van der Waals surface area contributed by atoms with Gasteiger partial charge in [-0.15, -0.1) is 0 Å². The van der Waals surface area contributed by atoms with Gasteiger partial charge in [-0.2, -0.15) is 0 Å². The van der Waals surface area contributed by atoms with E-state index in [1.165, 1.54) is 321 Å². The topological polar surface area (TPSA) is 149 Å². The lowest BCUT2D eigenvalue weighted by Crippen LogP contribution is -2.60. The van der Waals surface area contributed by atoms with Crippen molar-refractivity contribution in [3.8, 4) is 0 Å². The van der Waals surface area contributed by atoms with Crippen molar-refractivity contribution in [1.82, 2.24) is 5.32 Å². The number of unbranched alkanes of at least 4 members (excludes halogenated alkanes) is 54. The lowest BCUT2D eigenvalue weighted by molar-refractivity contribution is -0.302. The monoisotopic (exact) mass is 1120 g/mol. The van der Waals surface area contributed by atoms with Crippen LogP contribution in [0.1, 0.15) is 386 Å². The van der Waals surface area contributed by atoms with Crippen LogP contribution in [0.2, 0.25) is 0 Å².